The van der Waals surface area contributed by atoms with E-state index in [0.29, 0.717) is 13.2 Å². The number of methoxy groups -OCH3 is 1. The molecule has 156 valence electrons. The van der Waals surface area contributed by atoms with Crippen molar-refractivity contribution in [3.8, 4) is 23.1 Å². The fourth-order valence-corrected chi connectivity index (χ4v) is 3.93. The van der Waals surface area contributed by atoms with Crippen LogP contribution in [0.1, 0.15) is 18.7 Å². The molecule has 0 saturated heterocycles. The molecule has 1 aromatic carbocycles. The number of hydrogen-bond acceptors (Lipinski definition) is 6. The van der Waals surface area contributed by atoms with E-state index in [-0.39, 0.29) is 6.10 Å². The lowest BCUT2D eigenvalue weighted by molar-refractivity contribution is 0.107. The maximum atomic E-state index is 6.20. The van der Waals surface area contributed by atoms with Gasteiger partial charge in [0, 0.05) is 48.8 Å². The molecule has 4 aromatic rings. The predicted octanol–water partition coefficient (Wildman–Crippen LogP) is 4.90. The molecule has 0 bridgehead atoms. The third-order valence-electron chi connectivity index (χ3n) is 4.81. The molecule has 6 nitrogen and oxygen atoms in total. The van der Waals surface area contributed by atoms with Crippen LogP contribution in [0.2, 0.25) is 0 Å². The van der Waals surface area contributed by atoms with Gasteiger partial charge in [0.2, 0.25) is 0 Å². The molecule has 3 aromatic heterocycles. The zero-order chi connectivity index (χ0) is 21.1. The molecule has 0 saturated carbocycles. The summed E-state index contributed by atoms with van der Waals surface area (Å²) in [5.74, 6) is 6.21. The minimum absolute atomic E-state index is 0.184. The van der Waals surface area contributed by atoms with Gasteiger partial charge in [-0.3, -0.25) is 5.10 Å². The van der Waals surface area contributed by atoms with Gasteiger partial charge in [-0.05, 0) is 32.0 Å². The molecule has 30 heavy (non-hydrogen) atoms. The number of furan rings is 1. The van der Waals surface area contributed by atoms with Crippen LogP contribution in [0, 0.1) is 11.8 Å². The molecule has 1 N–H and O–H groups in total. The average Bonchev–Trinajstić information content (AvgIpc) is 3.43. The van der Waals surface area contributed by atoms with E-state index in [2.05, 4.69) is 50.5 Å². The number of benzene rings is 1. The highest BCUT2D eigenvalue weighted by atomic mass is 32.1. The van der Waals surface area contributed by atoms with Crippen LogP contribution in [0.3, 0.4) is 0 Å². The van der Waals surface area contributed by atoms with Crippen molar-refractivity contribution in [2.45, 2.75) is 20.0 Å². The average molecular weight is 424 g/mol. The first-order valence-corrected chi connectivity index (χ1v) is 10.7. The molecule has 0 fully saturated rings. The topological polar surface area (TPSA) is 63.5 Å². The summed E-state index contributed by atoms with van der Waals surface area (Å²) in [6.45, 7) is 5.93. The molecular formula is C23H25N3O3S. The maximum absolute atomic E-state index is 6.20. The molecule has 0 spiro atoms. The van der Waals surface area contributed by atoms with Crippen molar-refractivity contribution < 1.29 is 13.9 Å². The van der Waals surface area contributed by atoms with Crippen molar-refractivity contribution in [3.63, 3.8) is 0 Å². The molecule has 0 aliphatic rings. The molecule has 0 atom stereocenters. The number of nitrogens with zero attached hydrogens (tertiary/aromatic N) is 2. The first-order chi connectivity index (χ1) is 14.6. The largest absolute Gasteiger partial charge is 0.452 e. The normalized spacial score (nSPS) is 11.4. The van der Waals surface area contributed by atoms with Crippen LogP contribution < -0.4 is 4.90 Å². The number of H-pyrrole nitrogens is 1. The summed E-state index contributed by atoms with van der Waals surface area (Å²) in [7, 11) is 3.75. The van der Waals surface area contributed by atoms with Crippen molar-refractivity contribution in [1.29, 1.82) is 0 Å². The monoisotopic (exact) mass is 423 g/mol. The fourth-order valence-electron chi connectivity index (χ4n) is 3.17. The highest BCUT2D eigenvalue weighted by molar-refractivity contribution is 7.11. The summed E-state index contributed by atoms with van der Waals surface area (Å²) in [5.41, 5.74) is 5.40. The zero-order valence-electron chi connectivity index (χ0n) is 17.6. The van der Waals surface area contributed by atoms with Crippen LogP contribution in [0.4, 0.5) is 5.69 Å². The quantitative estimate of drug-likeness (QED) is 0.429. The number of aromatic nitrogens is 2. The van der Waals surface area contributed by atoms with Gasteiger partial charge in [0.1, 0.15) is 23.4 Å². The Bertz CT molecular complexity index is 1210. The first-order valence-electron chi connectivity index (χ1n) is 9.87. The molecule has 7 heteroatoms. The van der Waals surface area contributed by atoms with E-state index >= 15 is 0 Å². The molecule has 0 amide bonds. The molecule has 0 radical (unpaired) electrons. The standard InChI is InChI=1S/C23H25N3O3S/c1-15(2)28-10-5-6-18-12-16(14-30-18)21-23-22(25-24-21)19-8-7-17(13-20(19)29-23)26(3)9-11-27-4/h7-8,12-15H,9-11H2,1-4H3,(H,24,25). The molecule has 4 rings (SSSR count). The highest BCUT2D eigenvalue weighted by Crippen LogP contribution is 2.36. The third kappa shape index (κ3) is 4.21. The summed E-state index contributed by atoms with van der Waals surface area (Å²) >= 11 is 1.59. The first kappa shape index (κ1) is 20.5. The van der Waals surface area contributed by atoms with Gasteiger partial charge >= 0.3 is 0 Å². The number of rotatable bonds is 7. The lowest BCUT2D eigenvalue weighted by Crippen LogP contribution is -2.21. The minimum Gasteiger partial charge on any atom is -0.452 e. The van der Waals surface area contributed by atoms with Gasteiger partial charge < -0.3 is 18.8 Å². The Morgan fingerprint density at radius 2 is 2.17 bits per heavy atom. The van der Waals surface area contributed by atoms with Crippen LogP contribution in [-0.2, 0) is 9.47 Å². The minimum atomic E-state index is 0.184. The van der Waals surface area contributed by atoms with E-state index in [1.807, 2.05) is 27.0 Å². The summed E-state index contributed by atoms with van der Waals surface area (Å²) in [4.78, 5) is 3.12. The Hall–Kier alpha value is -2.79. The number of thiophene rings is 1. The van der Waals surface area contributed by atoms with Gasteiger partial charge in [-0.25, -0.2) is 0 Å². The molecule has 0 unspecified atom stereocenters. The number of hydrogen-bond donors (Lipinski definition) is 1. The number of fused-ring (bicyclic) bond motifs is 3. The molecule has 0 aliphatic heterocycles. The van der Waals surface area contributed by atoms with E-state index in [4.69, 9.17) is 13.9 Å². The van der Waals surface area contributed by atoms with E-state index in [9.17, 15) is 0 Å². The van der Waals surface area contributed by atoms with Crippen LogP contribution in [0.25, 0.3) is 33.3 Å². The van der Waals surface area contributed by atoms with Crippen molar-refractivity contribution >= 4 is 39.1 Å². The van der Waals surface area contributed by atoms with E-state index in [1.165, 1.54) is 0 Å². The van der Waals surface area contributed by atoms with Crippen molar-refractivity contribution in [2.75, 3.05) is 38.8 Å². The van der Waals surface area contributed by atoms with Crippen LogP contribution in [0.5, 0.6) is 0 Å². The van der Waals surface area contributed by atoms with E-state index in [0.717, 1.165) is 50.4 Å². The molecule has 3 heterocycles. The van der Waals surface area contributed by atoms with E-state index in [1.54, 1.807) is 18.4 Å². The van der Waals surface area contributed by atoms with Gasteiger partial charge in [0.15, 0.2) is 5.58 Å². The Morgan fingerprint density at radius 3 is 2.97 bits per heavy atom. The predicted molar refractivity (Wildman–Crippen MR) is 122 cm³/mol. The third-order valence-corrected chi connectivity index (χ3v) is 5.66. The van der Waals surface area contributed by atoms with Gasteiger partial charge in [0.05, 0.1) is 17.6 Å². The van der Waals surface area contributed by atoms with Gasteiger partial charge in [0.25, 0.3) is 0 Å². The number of anilines is 1. The number of nitrogens with one attached hydrogen (secondary N) is 1. The Labute approximate surface area is 179 Å². The Kier molecular flexibility index (Phi) is 6.09. The maximum Gasteiger partial charge on any atom is 0.181 e. The second-order valence-electron chi connectivity index (χ2n) is 7.33. The van der Waals surface area contributed by atoms with Crippen molar-refractivity contribution in [1.82, 2.24) is 10.2 Å². The second-order valence-corrected chi connectivity index (χ2v) is 8.25. The van der Waals surface area contributed by atoms with Crippen molar-refractivity contribution in [2.24, 2.45) is 0 Å². The highest BCUT2D eigenvalue weighted by Gasteiger charge is 2.17. The second kappa shape index (κ2) is 8.92. The van der Waals surface area contributed by atoms with Crippen LogP contribution in [0.15, 0.2) is 34.1 Å². The lowest BCUT2D eigenvalue weighted by atomic mass is 10.2. The van der Waals surface area contributed by atoms with Gasteiger partial charge in [-0.15, -0.1) is 11.3 Å². The SMILES string of the molecule is COCCN(C)c1ccc2c(c1)oc1c(-c3csc(C#CCOC(C)C)c3)n[nH]c12. The van der Waals surface area contributed by atoms with Gasteiger partial charge in [-0.2, -0.15) is 5.10 Å². The van der Waals surface area contributed by atoms with Gasteiger partial charge in [-0.1, -0.05) is 11.8 Å². The molecular weight excluding hydrogens is 398 g/mol. The molecule has 0 aliphatic carbocycles. The zero-order valence-corrected chi connectivity index (χ0v) is 18.4. The van der Waals surface area contributed by atoms with Crippen LogP contribution >= 0.6 is 11.3 Å². The summed E-state index contributed by atoms with van der Waals surface area (Å²) < 4.78 is 16.8. The Balaban J connectivity index is 1.61. The van der Waals surface area contributed by atoms with Crippen molar-refractivity contribution in [3.05, 3.63) is 34.5 Å². The number of ether oxygens (including phenoxy) is 2. The summed E-state index contributed by atoms with van der Waals surface area (Å²) in [6.07, 6.45) is 0.184. The van der Waals surface area contributed by atoms with Crippen LogP contribution in [-0.4, -0.2) is 50.2 Å². The number of likely N-dealkylation sites (N-methyl/N-ethyl adjacent to an activating group) is 1. The smallest absolute Gasteiger partial charge is 0.181 e. The lowest BCUT2D eigenvalue weighted by Gasteiger charge is -2.18. The Morgan fingerprint density at radius 1 is 1.30 bits per heavy atom. The number of aromatic amines is 1. The summed E-state index contributed by atoms with van der Waals surface area (Å²) in [5, 5.41) is 10.7. The van der Waals surface area contributed by atoms with E-state index < -0.39 is 0 Å². The summed E-state index contributed by atoms with van der Waals surface area (Å²) in [6, 6.07) is 8.26. The fraction of sp³-hybridized carbons (Fsp3) is 0.348.